The molecule has 2 N–H and O–H groups in total. The van der Waals surface area contributed by atoms with Gasteiger partial charge in [0.1, 0.15) is 5.82 Å². The number of hydrogen-bond acceptors (Lipinski definition) is 5. The Morgan fingerprint density at radius 3 is 2.62 bits per heavy atom. The first-order valence-electron chi connectivity index (χ1n) is 12.0. The summed E-state index contributed by atoms with van der Waals surface area (Å²) < 4.78 is 41.6. The number of aryl methyl sites for hydroxylation is 2. The second kappa shape index (κ2) is 10.1. The van der Waals surface area contributed by atoms with Crippen LogP contribution in [0.2, 0.25) is 0 Å². The van der Waals surface area contributed by atoms with Gasteiger partial charge in [0.15, 0.2) is 5.13 Å². The van der Waals surface area contributed by atoms with E-state index in [1.807, 2.05) is 36.4 Å². The van der Waals surface area contributed by atoms with Crippen LogP contribution in [0.4, 0.5) is 9.52 Å². The fourth-order valence-corrected chi connectivity index (χ4v) is 7.31. The Labute approximate surface area is 204 Å². The van der Waals surface area contributed by atoms with Gasteiger partial charge in [-0.05, 0) is 74.1 Å². The third-order valence-corrected chi connectivity index (χ3v) is 9.21. The van der Waals surface area contributed by atoms with Gasteiger partial charge >= 0.3 is 0 Å². The van der Waals surface area contributed by atoms with Gasteiger partial charge in [0.05, 0.1) is 11.4 Å². The Hall–Kier alpha value is -2.29. The molecule has 1 fully saturated rings. The van der Waals surface area contributed by atoms with Crippen molar-refractivity contribution < 1.29 is 12.8 Å². The van der Waals surface area contributed by atoms with Gasteiger partial charge in [0, 0.05) is 23.0 Å². The van der Waals surface area contributed by atoms with Gasteiger partial charge in [-0.15, -0.1) is 11.3 Å². The normalized spacial score (nSPS) is 20.3. The number of sulfonamides is 1. The molecular formula is C26H30FN3O2S2. The average Bonchev–Trinajstić information content (AvgIpc) is 3.14. The first-order chi connectivity index (χ1) is 16.4. The van der Waals surface area contributed by atoms with Crippen molar-refractivity contribution in [1.82, 2.24) is 9.71 Å². The lowest BCUT2D eigenvalue weighted by Gasteiger charge is -2.29. The summed E-state index contributed by atoms with van der Waals surface area (Å²) in [4.78, 5) is 6.09. The molecule has 1 heterocycles. The number of benzene rings is 2. The number of rotatable bonds is 7. The van der Waals surface area contributed by atoms with Crippen LogP contribution in [0.5, 0.6) is 0 Å². The summed E-state index contributed by atoms with van der Waals surface area (Å²) in [6, 6.07) is 14.7. The highest BCUT2D eigenvalue weighted by Crippen LogP contribution is 2.38. The summed E-state index contributed by atoms with van der Waals surface area (Å²) in [7, 11) is -3.33. The Kier molecular flexibility index (Phi) is 6.99. The van der Waals surface area contributed by atoms with E-state index in [4.69, 9.17) is 4.98 Å². The number of thiazole rings is 1. The van der Waals surface area contributed by atoms with E-state index in [1.165, 1.54) is 16.5 Å². The summed E-state index contributed by atoms with van der Waals surface area (Å²) in [6.45, 7) is 0.496. The van der Waals surface area contributed by atoms with E-state index >= 15 is 0 Å². The van der Waals surface area contributed by atoms with Crippen LogP contribution < -0.4 is 10.0 Å². The zero-order valence-corrected chi connectivity index (χ0v) is 20.7. The smallest absolute Gasteiger partial charge is 0.215 e. The Bertz CT molecular complexity index is 1240. The maximum atomic E-state index is 13.9. The topological polar surface area (TPSA) is 71.1 Å². The van der Waals surface area contributed by atoms with Gasteiger partial charge in [-0.3, -0.25) is 0 Å². The molecule has 0 bridgehead atoms. The molecule has 0 saturated heterocycles. The molecule has 5 nitrogen and oxygen atoms in total. The minimum absolute atomic E-state index is 0.0203. The molecule has 0 spiro atoms. The van der Waals surface area contributed by atoms with Crippen LogP contribution >= 0.6 is 11.3 Å². The molecule has 8 heteroatoms. The fourth-order valence-electron chi connectivity index (χ4n) is 4.99. The van der Waals surface area contributed by atoms with Gasteiger partial charge in [-0.2, -0.15) is 0 Å². The first kappa shape index (κ1) is 23.5. The predicted octanol–water partition coefficient (Wildman–Crippen LogP) is 5.53. The molecular weight excluding hydrogens is 469 g/mol. The van der Waals surface area contributed by atoms with Crippen LogP contribution in [0, 0.1) is 11.7 Å². The zero-order valence-electron chi connectivity index (χ0n) is 19.1. The fraction of sp³-hybridized carbons (Fsp3) is 0.423. The molecule has 0 radical (unpaired) electrons. The molecule has 0 amide bonds. The van der Waals surface area contributed by atoms with Crippen molar-refractivity contribution in [3.8, 4) is 11.3 Å². The summed E-state index contributed by atoms with van der Waals surface area (Å²) >= 11 is 1.69. The summed E-state index contributed by atoms with van der Waals surface area (Å²) in [5.74, 6) is 0.158. The van der Waals surface area contributed by atoms with Gasteiger partial charge in [0.2, 0.25) is 10.0 Å². The molecule has 0 aliphatic heterocycles. The van der Waals surface area contributed by atoms with Crippen LogP contribution in [0.3, 0.4) is 0 Å². The second-order valence-corrected chi connectivity index (χ2v) is 12.3. The van der Waals surface area contributed by atoms with Gasteiger partial charge in [0.25, 0.3) is 0 Å². The highest BCUT2D eigenvalue weighted by molar-refractivity contribution is 7.88. The molecule has 3 aromatic rings. The van der Waals surface area contributed by atoms with Gasteiger partial charge in [-0.25, -0.2) is 22.5 Å². The predicted molar refractivity (Wildman–Crippen MR) is 136 cm³/mol. The van der Waals surface area contributed by atoms with Crippen molar-refractivity contribution in [2.75, 3.05) is 11.9 Å². The number of nitrogens with one attached hydrogen (secondary N) is 2. The lowest BCUT2D eigenvalue weighted by molar-refractivity contribution is 0.337. The third kappa shape index (κ3) is 5.67. The second-order valence-electron chi connectivity index (χ2n) is 9.40. The van der Waals surface area contributed by atoms with E-state index in [0.717, 1.165) is 66.9 Å². The number of hydrogen-bond donors (Lipinski definition) is 2. The highest BCUT2D eigenvalue weighted by Gasteiger charge is 2.25. The van der Waals surface area contributed by atoms with Gasteiger partial charge in [-0.1, -0.05) is 36.4 Å². The molecule has 2 aliphatic rings. The summed E-state index contributed by atoms with van der Waals surface area (Å²) in [5.41, 5.74) is 3.84. The van der Waals surface area contributed by atoms with Crippen molar-refractivity contribution >= 4 is 26.5 Å². The number of halogens is 1. The lowest BCUT2D eigenvalue weighted by atomic mass is 9.86. The molecule has 1 aromatic heterocycles. The number of aromatic nitrogens is 1. The summed E-state index contributed by atoms with van der Waals surface area (Å²) in [6.07, 6.45) is 6.91. The summed E-state index contributed by atoms with van der Waals surface area (Å²) in [5, 5.41) is 4.52. The van der Waals surface area contributed by atoms with Crippen LogP contribution in [0.1, 0.15) is 48.1 Å². The third-order valence-electron chi connectivity index (χ3n) is 6.84. The molecule has 0 atom stereocenters. The molecule has 34 heavy (non-hydrogen) atoms. The highest BCUT2D eigenvalue weighted by atomic mass is 32.2. The van der Waals surface area contributed by atoms with Gasteiger partial charge < -0.3 is 5.32 Å². The van der Waals surface area contributed by atoms with Crippen LogP contribution in [0.15, 0.2) is 48.5 Å². The van der Waals surface area contributed by atoms with E-state index in [-0.39, 0.29) is 11.6 Å². The van der Waals surface area contributed by atoms with E-state index in [9.17, 15) is 12.8 Å². The Balaban J connectivity index is 1.15. The zero-order chi connectivity index (χ0) is 23.5. The van der Waals surface area contributed by atoms with Crippen molar-refractivity contribution in [1.29, 1.82) is 0 Å². The molecule has 1 saturated carbocycles. The van der Waals surface area contributed by atoms with Crippen LogP contribution in [-0.4, -0.2) is 26.0 Å². The maximum Gasteiger partial charge on any atom is 0.215 e. The van der Waals surface area contributed by atoms with Crippen LogP contribution in [0.25, 0.3) is 11.3 Å². The molecule has 5 rings (SSSR count). The van der Waals surface area contributed by atoms with Crippen LogP contribution in [-0.2, 0) is 28.6 Å². The number of anilines is 1. The van der Waals surface area contributed by atoms with Crippen molar-refractivity contribution in [3.63, 3.8) is 0 Å². The standard InChI is InChI=1S/C26H30FN3O2S2/c27-21-12-11-20-7-4-8-24-25(23(20)15-21)30-26(33-24)29-22-13-9-18(10-14-22)16-28-34(31,32)17-19-5-2-1-3-6-19/h1-3,5-6,11-12,15,18,22,28H,4,7-10,13-14,16-17H2,(H,29,30)/t18-,22-. The minimum Gasteiger partial charge on any atom is -0.359 e. The molecule has 180 valence electrons. The number of nitrogens with zero attached hydrogens (tertiary/aromatic N) is 1. The van der Waals surface area contributed by atoms with E-state index in [2.05, 4.69) is 10.0 Å². The Morgan fingerprint density at radius 1 is 1.03 bits per heavy atom. The Morgan fingerprint density at radius 2 is 1.82 bits per heavy atom. The molecule has 2 aliphatic carbocycles. The maximum absolute atomic E-state index is 13.9. The minimum atomic E-state index is -3.33. The SMILES string of the molecule is O=S(=O)(Cc1ccccc1)NC[C@H]1CC[C@H](Nc2nc3c(s2)CCCc2ccc(F)cc2-3)CC1. The largest absolute Gasteiger partial charge is 0.359 e. The molecule has 2 aromatic carbocycles. The first-order valence-corrected chi connectivity index (χ1v) is 14.5. The van der Waals surface area contributed by atoms with Crippen molar-refractivity contribution in [2.24, 2.45) is 5.92 Å². The quantitative estimate of drug-likeness (QED) is 0.449. The van der Waals surface area contributed by atoms with E-state index < -0.39 is 10.0 Å². The lowest BCUT2D eigenvalue weighted by Crippen LogP contribution is -2.34. The molecule has 0 unspecified atom stereocenters. The average molecular weight is 500 g/mol. The van der Waals surface area contributed by atoms with E-state index in [0.29, 0.717) is 18.5 Å². The monoisotopic (exact) mass is 499 g/mol. The number of fused-ring (bicyclic) bond motifs is 3. The van der Waals surface area contributed by atoms with E-state index in [1.54, 1.807) is 17.4 Å². The van der Waals surface area contributed by atoms with Crippen molar-refractivity contribution in [2.45, 2.75) is 56.7 Å². The van der Waals surface area contributed by atoms with Crippen molar-refractivity contribution in [3.05, 3.63) is 70.4 Å².